The third-order valence-corrected chi connectivity index (χ3v) is 3.07. The first kappa shape index (κ1) is 16.4. The van der Waals surface area contributed by atoms with Gasteiger partial charge < -0.3 is 16.0 Å². The molecule has 0 saturated carbocycles. The first-order valence-electron chi connectivity index (χ1n) is 6.65. The van der Waals surface area contributed by atoms with Gasteiger partial charge in [0.15, 0.2) is 0 Å². The predicted molar refractivity (Wildman–Crippen MR) is 87.4 cm³/mol. The highest BCUT2D eigenvalue weighted by molar-refractivity contribution is 6.33. The molecule has 1 aromatic heterocycles. The van der Waals surface area contributed by atoms with Crippen LogP contribution in [0.15, 0.2) is 36.7 Å². The summed E-state index contributed by atoms with van der Waals surface area (Å²) in [6, 6.07) is 6.26. The number of nitrogens with one attached hydrogen (secondary N) is 3. The molecule has 3 amide bonds. The minimum Gasteiger partial charge on any atom is -0.344 e. The second-order valence-electron chi connectivity index (χ2n) is 4.38. The van der Waals surface area contributed by atoms with Crippen molar-refractivity contribution >= 4 is 29.2 Å². The summed E-state index contributed by atoms with van der Waals surface area (Å²) in [4.78, 5) is 23.3. The number of urea groups is 1. The monoisotopic (exact) mass is 331 g/mol. The van der Waals surface area contributed by atoms with Crippen LogP contribution in [-0.2, 0) is 4.79 Å². The highest BCUT2D eigenvalue weighted by Gasteiger charge is 2.12. The molecule has 2 rings (SSSR count). The van der Waals surface area contributed by atoms with Crippen LogP contribution in [0.25, 0.3) is 5.69 Å². The molecule has 118 valence electrons. The molecule has 0 aliphatic heterocycles. The van der Waals surface area contributed by atoms with Crippen molar-refractivity contribution in [3.8, 4) is 18.0 Å². The summed E-state index contributed by atoms with van der Waals surface area (Å²) in [7, 11) is 0. The van der Waals surface area contributed by atoms with Crippen LogP contribution in [0.1, 0.15) is 0 Å². The SMILES string of the molecule is C#CCNC(=O)CNC(=O)Nc1cccc(Cl)c1-n1cccn1. The Morgan fingerprint density at radius 1 is 1.30 bits per heavy atom. The van der Waals surface area contributed by atoms with Gasteiger partial charge in [-0.05, 0) is 18.2 Å². The molecule has 0 fully saturated rings. The van der Waals surface area contributed by atoms with Crippen LogP contribution in [0.4, 0.5) is 10.5 Å². The van der Waals surface area contributed by atoms with E-state index in [4.69, 9.17) is 18.0 Å². The van der Waals surface area contributed by atoms with Crippen molar-refractivity contribution in [3.05, 3.63) is 41.7 Å². The van der Waals surface area contributed by atoms with Crippen LogP contribution < -0.4 is 16.0 Å². The van der Waals surface area contributed by atoms with E-state index < -0.39 is 6.03 Å². The number of amides is 3. The maximum Gasteiger partial charge on any atom is 0.319 e. The minimum atomic E-state index is -0.545. The fourth-order valence-corrected chi connectivity index (χ4v) is 2.05. The highest BCUT2D eigenvalue weighted by atomic mass is 35.5. The number of nitrogens with zero attached hydrogens (tertiary/aromatic N) is 2. The van der Waals surface area contributed by atoms with E-state index in [0.717, 1.165) is 0 Å². The van der Waals surface area contributed by atoms with E-state index in [9.17, 15) is 9.59 Å². The summed E-state index contributed by atoms with van der Waals surface area (Å²) in [5.74, 6) is 1.89. The summed E-state index contributed by atoms with van der Waals surface area (Å²) in [6.07, 6.45) is 8.33. The molecule has 0 radical (unpaired) electrons. The maximum absolute atomic E-state index is 11.9. The van der Waals surface area contributed by atoms with Crippen molar-refractivity contribution in [1.82, 2.24) is 20.4 Å². The molecule has 0 aliphatic carbocycles. The molecule has 8 heteroatoms. The lowest BCUT2D eigenvalue weighted by Crippen LogP contribution is -2.39. The third kappa shape index (κ3) is 4.49. The van der Waals surface area contributed by atoms with Crippen molar-refractivity contribution in [2.24, 2.45) is 0 Å². The molecule has 23 heavy (non-hydrogen) atoms. The van der Waals surface area contributed by atoms with Crippen LogP contribution in [0.3, 0.4) is 0 Å². The number of aromatic nitrogens is 2. The molecule has 0 atom stereocenters. The fourth-order valence-electron chi connectivity index (χ4n) is 1.79. The van der Waals surface area contributed by atoms with Crippen LogP contribution in [0.2, 0.25) is 5.02 Å². The average Bonchev–Trinajstić information content (AvgIpc) is 3.05. The second-order valence-corrected chi connectivity index (χ2v) is 4.78. The predicted octanol–water partition coefficient (Wildman–Crippen LogP) is 1.40. The van der Waals surface area contributed by atoms with E-state index >= 15 is 0 Å². The lowest BCUT2D eigenvalue weighted by molar-refractivity contribution is -0.119. The van der Waals surface area contributed by atoms with E-state index in [-0.39, 0.29) is 19.0 Å². The first-order chi connectivity index (χ1) is 11.1. The van der Waals surface area contributed by atoms with Gasteiger partial charge in [-0.3, -0.25) is 4.79 Å². The Morgan fingerprint density at radius 2 is 2.13 bits per heavy atom. The molecule has 3 N–H and O–H groups in total. The number of benzene rings is 1. The van der Waals surface area contributed by atoms with Crippen molar-refractivity contribution in [2.45, 2.75) is 0 Å². The lowest BCUT2D eigenvalue weighted by Gasteiger charge is -2.13. The number of hydrogen-bond donors (Lipinski definition) is 3. The summed E-state index contributed by atoms with van der Waals surface area (Å²) >= 11 is 6.17. The Labute approximate surface area is 138 Å². The van der Waals surface area contributed by atoms with Gasteiger partial charge in [-0.25, -0.2) is 9.48 Å². The van der Waals surface area contributed by atoms with Crippen LogP contribution in [0, 0.1) is 12.3 Å². The van der Waals surface area contributed by atoms with Gasteiger partial charge in [0.25, 0.3) is 0 Å². The topological polar surface area (TPSA) is 88.0 Å². The normalized spacial score (nSPS) is 9.74. The molecule has 0 spiro atoms. The zero-order chi connectivity index (χ0) is 16.7. The summed E-state index contributed by atoms with van der Waals surface area (Å²) in [6.45, 7) is -0.0783. The second kappa shape index (κ2) is 7.87. The van der Waals surface area contributed by atoms with E-state index in [1.54, 1.807) is 36.7 Å². The molecule has 0 unspecified atom stereocenters. The molecule has 1 heterocycles. The van der Waals surface area contributed by atoms with E-state index in [1.165, 1.54) is 4.68 Å². The van der Waals surface area contributed by atoms with Crippen molar-refractivity contribution < 1.29 is 9.59 Å². The zero-order valence-electron chi connectivity index (χ0n) is 12.0. The molecule has 0 saturated heterocycles. The smallest absolute Gasteiger partial charge is 0.319 e. The van der Waals surface area contributed by atoms with Gasteiger partial charge in [0, 0.05) is 12.4 Å². The van der Waals surface area contributed by atoms with Crippen molar-refractivity contribution in [2.75, 3.05) is 18.4 Å². The van der Waals surface area contributed by atoms with Crippen molar-refractivity contribution in [1.29, 1.82) is 0 Å². The van der Waals surface area contributed by atoms with Crippen molar-refractivity contribution in [3.63, 3.8) is 0 Å². The zero-order valence-corrected chi connectivity index (χ0v) is 12.8. The first-order valence-corrected chi connectivity index (χ1v) is 7.03. The number of terminal acetylenes is 1. The number of carbonyl (C=O) groups is 2. The van der Waals surface area contributed by atoms with E-state index in [2.05, 4.69) is 27.0 Å². The van der Waals surface area contributed by atoms with Gasteiger partial charge >= 0.3 is 6.03 Å². The number of anilines is 1. The standard InChI is InChI=1S/C15H14ClN5O2/c1-2-7-17-13(22)10-18-15(23)20-12-6-3-5-11(16)14(12)21-9-4-8-19-21/h1,3-6,8-9H,7,10H2,(H,17,22)(H2,18,20,23). The fraction of sp³-hybridized carbons (Fsp3) is 0.133. The molecule has 7 nitrogen and oxygen atoms in total. The Bertz CT molecular complexity index is 737. The summed E-state index contributed by atoms with van der Waals surface area (Å²) in [5, 5.41) is 12.0. The Morgan fingerprint density at radius 3 is 2.83 bits per heavy atom. The van der Waals surface area contributed by atoms with Crippen LogP contribution in [-0.4, -0.2) is 34.8 Å². The number of hydrogen-bond acceptors (Lipinski definition) is 3. The number of para-hydroxylation sites is 1. The highest BCUT2D eigenvalue weighted by Crippen LogP contribution is 2.27. The molecule has 0 bridgehead atoms. The average molecular weight is 332 g/mol. The Hall–Kier alpha value is -2.98. The molecule has 0 aliphatic rings. The number of carbonyl (C=O) groups excluding carboxylic acids is 2. The Kier molecular flexibility index (Phi) is 5.61. The van der Waals surface area contributed by atoms with Crippen LogP contribution >= 0.6 is 11.6 Å². The van der Waals surface area contributed by atoms with E-state index in [0.29, 0.717) is 16.4 Å². The van der Waals surface area contributed by atoms with Gasteiger partial charge in [0.1, 0.15) is 5.69 Å². The largest absolute Gasteiger partial charge is 0.344 e. The number of halogens is 1. The summed E-state index contributed by atoms with van der Waals surface area (Å²) in [5.41, 5.74) is 0.994. The molecular formula is C15H14ClN5O2. The minimum absolute atomic E-state index is 0.111. The maximum atomic E-state index is 11.9. The third-order valence-electron chi connectivity index (χ3n) is 2.77. The van der Waals surface area contributed by atoms with Gasteiger partial charge in [-0.1, -0.05) is 23.6 Å². The van der Waals surface area contributed by atoms with E-state index in [1.807, 2.05) is 0 Å². The van der Waals surface area contributed by atoms with Gasteiger partial charge in [-0.15, -0.1) is 6.42 Å². The number of rotatable bonds is 5. The molecule has 1 aromatic carbocycles. The quantitative estimate of drug-likeness (QED) is 0.724. The van der Waals surface area contributed by atoms with Gasteiger partial charge in [0.05, 0.1) is 23.8 Å². The van der Waals surface area contributed by atoms with Crippen LogP contribution in [0.5, 0.6) is 0 Å². The molecule has 2 aromatic rings. The van der Waals surface area contributed by atoms with Gasteiger partial charge in [0.2, 0.25) is 5.91 Å². The lowest BCUT2D eigenvalue weighted by atomic mass is 10.2. The molecular weight excluding hydrogens is 318 g/mol. The summed E-state index contributed by atoms with van der Waals surface area (Å²) < 4.78 is 1.54. The Balaban J connectivity index is 2.03. The van der Waals surface area contributed by atoms with Gasteiger partial charge in [-0.2, -0.15) is 5.10 Å².